The Morgan fingerprint density at radius 3 is 2.61 bits per heavy atom. The van der Waals surface area contributed by atoms with Crippen LogP contribution in [0.4, 0.5) is 4.39 Å². The molecular formula is C13H18FN3O. The van der Waals surface area contributed by atoms with Gasteiger partial charge in [0.2, 0.25) is 0 Å². The SMILES string of the molecule is O=C(NCCN1CCNCC1)c1ccc(F)cc1. The van der Waals surface area contributed by atoms with Crippen LogP contribution in [0.5, 0.6) is 0 Å². The van der Waals surface area contributed by atoms with Crippen LogP contribution in [0.2, 0.25) is 0 Å². The molecule has 1 aliphatic heterocycles. The maximum Gasteiger partial charge on any atom is 0.251 e. The molecule has 0 saturated carbocycles. The van der Waals surface area contributed by atoms with E-state index >= 15 is 0 Å². The molecule has 2 N–H and O–H groups in total. The third kappa shape index (κ3) is 3.78. The second-order valence-electron chi connectivity index (χ2n) is 4.35. The molecule has 1 saturated heterocycles. The fourth-order valence-corrected chi connectivity index (χ4v) is 1.97. The number of halogens is 1. The molecule has 1 heterocycles. The van der Waals surface area contributed by atoms with Crippen molar-refractivity contribution in [3.05, 3.63) is 35.6 Å². The van der Waals surface area contributed by atoms with Gasteiger partial charge >= 0.3 is 0 Å². The fraction of sp³-hybridized carbons (Fsp3) is 0.462. The average molecular weight is 251 g/mol. The van der Waals surface area contributed by atoms with E-state index < -0.39 is 0 Å². The number of carbonyl (C=O) groups is 1. The summed E-state index contributed by atoms with van der Waals surface area (Å²) in [7, 11) is 0. The number of piperazine rings is 1. The van der Waals surface area contributed by atoms with Crippen LogP contribution in [-0.2, 0) is 0 Å². The average Bonchev–Trinajstić information content (AvgIpc) is 2.40. The monoisotopic (exact) mass is 251 g/mol. The highest BCUT2D eigenvalue weighted by atomic mass is 19.1. The summed E-state index contributed by atoms with van der Waals surface area (Å²) in [6.45, 7) is 5.53. The molecule has 1 fully saturated rings. The Morgan fingerprint density at radius 2 is 1.94 bits per heavy atom. The van der Waals surface area contributed by atoms with Crippen LogP contribution < -0.4 is 10.6 Å². The molecule has 1 aromatic rings. The van der Waals surface area contributed by atoms with Gasteiger partial charge in [-0.15, -0.1) is 0 Å². The standard InChI is InChI=1S/C13H18FN3O/c14-12-3-1-11(2-4-12)13(18)16-7-10-17-8-5-15-6-9-17/h1-4,15H,5-10H2,(H,16,18). The maximum absolute atomic E-state index is 12.7. The van der Waals surface area contributed by atoms with Gasteiger partial charge in [-0.05, 0) is 24.3 Å². The molecule has 2 rings (SSSR count). The van der Waals surface area contributed by atoms with Crippen LogP contribution >= 0.6 is 0 Å². The number of amides is 1. The predicted molar refractivity (Wildman–Crippen MR) is 68.0 cm³/mol. The van der Waals surface area contributed by atoms with Crippen LogP contribution in [0, 0.1) is 5.82 Å². The van der Waals surface area contributed by atoms with E-state index in [1.165, 1.54) is 24.3 Å². The zero-order chi connectivity index (χ0) is 12.8. The topological polar surface area (TPSA) is 44.4 Å². The summed E-state index contributed by atoms with van der Waals surface area (Å²) in [5.41, 5.74) is 0.497. The van der Waals surface area contributed by atoms with Gasteiger partial charge in [-0.2, -0.15) is 0 Å². The van der Waals surface area contributed by atoms with Crippen LogP contribution in [0.3, 0.4) is 0 Å². The van der Waals surface area contributed by atoms with Crippen molar-refractivity contribution >= 4 is 5.91 Å². The first-order chi connectivity index (χ1) is 8.75. The van der Waals surface area contributed by atoms with Gasteiger partial charge < -0.3 is 10.6 Å². The molecule has 0 atom stereocenters. The Labute approximate surface area is 106 Å². The van der Waals surface area contributed by atoms with Gasteiger partial charge in [0.05, 0.1) is 0 Å². The summed E-state index contributed by atoms with van der Waals surface area (Å²) < 4.78 is 12.7. The van der Waals surface area contributed by atoms with Gasteiger partial charge in [-0.3, -0.25) is 9.69 Å². The van der Waals surface area contributed by atoms with Crippen molar-refractivity contribution in [3.63, 3.8) is 0 Å². The molecule has 0 bridgehead atoms. The van der Waals surface area contributed by atoms with Crippen LogP contribution in [0.25, 0.3) is 0 Å². The second-order valence-corrected chi connectivity index (χ2v) is 4.35. The summed E-state index contributed by atoms with van der Waals surface area (Å²) in [4.78, 5) is 14.0. The van der Waals surface area contributed by atoms with Crippen LogP contribution in [0.1, 0.15) is 10.4 Å². The lowest BCUT2D eigenvalue weighted by molar-refractivity contribution is 0.0947. The van der Waals surface area contributed by atoms with Gasteiger partial charge in [0.25, 0.3) is 5.91 Å². The van der Waals surface area contributed by atoms with Crippen molar-refractivity contribution in [2.24, 2.45) is 0 Å². The molecule has 0 aromatic heterocycles. The molecule has 18 heavy (non-hydrogen) atoms. The number of benzene rings is 1. The lowest BCUT2D eigenvalue weighted by Gasteiger charge is -2.27. The zero-order valence-electron chi connectivity index (χ0n) is 10.3. The summed E-state index contributed by atoms with van der Waals surface area (Å²) in [5, 5.41) is 6.12. The molecular weight excluding hydrogens is 233 g/mol. The second kappa shape index (κ2) is 6.47. The number of hydrogen-bond donors (Lipinski definition) is 2. The van der Waals surface area contributed by atoms with Crippen LogP contribution in [0.15, 0.2) is 24.3 Å². The Balaban J connectivity index is 1.72. The molecule has 0 spiro atoms. The first kappa shape index (κ1) is 13.0. The highest BCUT2D eigenvalue weighted by molar-refractivity contribution is 5.94. The van der Waals surface area contributed by atoms with Crippen molar-refractivity contribution in [1.29, 1.82) is 0 Å². The molecule has 1 amide bonds. The third-order valence-electron chi connectivity index (χ3n) is 3.03. The fourth-order valence-electron chi connectivity index (χ4n) is 1.97. The Kier molecular flexibility index (Phi) is 4.66. The maximum atomic E-state index is 12.7. The van der Waals surface area contributed by atoms with Gasteiger partial charge in [0, 0.05) is 44.8 Å². The Bertz CT molecular complexity index is 388. The number of rotatable bonds is 4. The van der Waals surface area contributed by atoms with E-state index in [1.807, 2.05) is 0 Å². The smallest absolute Gasteiger partial charge is 0.251 e. The van der Waals surface area contributed by atoms with Gasteiger partial charge in [-0.1, -0.05) is 0 Å². The van der Waals surface area contributed by atoms with Crippen molar-refractivity contribution < 1.29 is 9.18 Å². The minimum Gasteiger partial charge on any atom is -0.351 e. The van der Waals surface area contributed by atoms with E-state index in [9.17, 15) is 9.18 Å². The van der Waals surface area contributed by atoms with E-state index in [4.69, 9.17) is 0 Å². The highest BCUT2D eigenvalue weighted by Gasteiger charge is 2.10. The molecule has 0 radical (unpaired) electrons. The molecule has 0 aliphatic carbocycles. The number of nitrogens with one attached hydrogen (secondary N) is 2. The van der Waals surface area contributed by atoms with Crippen molar-refractivity contribution in [3.8, 4) is 0 Å². The summed E-state index contributed by atoms with van der Waals surface area (Å²) in [6.07, 6.45) is 0. The van der Waals surface area contributed by atoms with Gasteiger partial charge in [-0.25, -0.2) is 4.39 Å². The molecule has 0 unspecified atom stereocenters. The first-order valence-corrected chi connectivity index (χ1v) is 6.22. The number of carbonyl (C=O) groups excluding carboxylic acids is 1. The highest BCUT2D eigenvalue weighted by Crippen LogP contribution is 2.02. The lowest BCUT2D eigenvalue weighted by Crippen LogP contribution is -2.46. The van der Waals surface area contributed by atoms with E-state index in [1.54, 1.807) is 0 Å². The Morgan fingerprint density at radius 1 is 1.28 bits per heavy atom. The largest absolute Gasteiger partial charge is 0.351 e. The molecule has 5 heteroatoms. The van der Waals surface area contributed by atoms with E-state index in [0.29, 0.717) is 12.1 Å². The summed E-state index contributed by atoms with van der Waals surface area (Å²) in [6, 6.07) is 5.58. The molecule has 4 nitrogen and oxygen atoms in total. The lowest BCUT2D eigenvalue weighted by atomic mass is 10.2. The van der Waals surface area contributed by atoms with E-state index in [2.05, 4.69) is 15.5 Å². The van der Waals surface area contributed by atoms with Gasteiger partial charge in [0.1, 0.15) is 5.82 Å². The third-order valence-corrected chi connectivity index (χ3v) is 3.03. The summed E-state index contributed by atoms with van der Waals surface area (Å²) in [5.74, 6) is -0.475. The summed E-state index contributed by atoms with van der Waals surface area (Å²) >= 11 is 0. The predicted octanol–water partition coefficient (Wildman–Crippen LogP) is 0.461. The molecule has 1 aromatic carbocycles. The minimum absolute atomic E-state index is 0.148. The van der Waals surface area contributed by atoms with Crippen molar-refractivity contribution in [1.82, 2.24) is 15.5 Å². The quantitative estimate of drug-likeness (QED) is 0.817. The van der Waals surface area contributed by atoms with E-state index in [0.717, 1.165) is 32.7 Å². The van der Waals surface area contributed by atoms with Gasteiger partial charge in [0.15, 0.2) is 0 Å². The zero-order valence-corrected chi connectivity index (χ0v) is 10.3. The molecule has 98 valence electrons. The van der Waals surface area contributed by atoms with Crippen LogP contribution in [-0.4, -0.2) is 50.1 Å². The minimum atomic E-state index is -0.327. The number of nitrogens with zero attached hydrogens (tertiary/aromatic N) is 1. The molecule has 1 aliphatic rings. The van der Waals surface area contributed by atoms with Crippen molar-refractivity contribution in [2.45, 2.75) is 0 Å². The first-order valence-electron chi connectivity index (χ1n) is 6.22. The van der Waals surface area contributed by atoms with E-state index in [-0.39, 0.29) is 11.7 Å². The van der Waals surface area contributed by atoms with Crippen molar-refractivity contribution in [2.75, 3.05) is 39.3 Å². The number of hydrogen-bond acceptors (Lipinski definition) is 3. The Hall–Kier alpha value is -1.46. The normalized spacial score (nSPS) is 16.5.